The minimum Gasteiger partial charge on any atom is -0.369 e. The first-order chi connectivity index (χ1) is 17.0. The number of piperazine rings is 1. The number of nitrogens with one attached hydrogen (secondary N) is 1. The molecule has 1 aliphatic rings. The normalized spacial score (nSPS) is 15.0. The summed E-state index contributed by atoms with van der Waals surface area (Å²) in [6, 6.07) is 27.7. The lowest BCUT2D eigenvalue weighted by Gasteiger charge is -2.35. The lowest BCUT2D eigenvalue weighted by atomic mass is 10.1. The third kappa shape index (κ3) is 6.70. The van der Waals surface area contributed by atoms with Crippen molar-refractivity contribution in [2.45, 2.75) is 6.10 Å². The summed E-state index contributed by atoms with van der Waals surface area (Å²) in [6.07, 6.45) is -0.639. The Morgan fingerprint density at radius 2 is 1.46 bits per heavy atom. The van der Waals surface area contributed by atoms with Gasteiger partial charge in [-0.05, 0) is 35.4 Å². The molecule has 7 nitrogen and oxygen atoms in total. The van der Waals surface area contributed by atoms with Gasteiger partial charge in [-0.25, -0.2) is 13.9 Å². The minimum absolute atomic E-state index is 0.348. The van der Waals surface area contributed by atoms with E-state index in [4.69, 9.17) is 4.84 Å². The monoisotopic (exact) mass is 489 g/mol. The fourth-order valence-corrected chi connectivity index (χ4v) is 5.38. The van der Waals surface area contributed by atoms with Crippen LogP contribution in [0.25, 0.3) is 11.1 Å². The van der Waals surface area contributed by atoms with E-state index in [0.717, 1.165) is 22.4 Å². The van der Waals surface area contributed by atoms with Gasteiger partial charge in [-0.15, -0.1) is 0 Å². The van der Waals surface area contributed by atoms with Crippen molar-refractivity contribution in [2.75, 3.05) is 36.8 Å². The van der Waals surface area contributed by atoms with Crippen molar-refractivity contribution < 1.29 is 18.0 Å². The predicted octanol–water partition coefficient (Wildman–Crippen LogP) is 2.90. The van der Waals surface area contributed by atoms with Gasteiger partial charge in [0.15, 0.2) is 6.10 Å². The standard InChI is InChI=1S/C27H27N3O4S/c31-22-28-34-27(16-11-23-7-3-1-4-8-23)21-35(32,33)30-19-17-29(18-20-30)26-14-12-25(13-15-26)24-9-5-2-6-10-24/h1-10,12-15,22,27H,17-21H2,(H,28,31). The summed E-state index contributed by atoms with van der Waals surface area (Å²) in [5, 5.41) is 0. The Morgan fingerprint density at radius 3 is 2.09 bits per heavy atom. The third-order valence-electron chi connectivity index (χ3n) is 5.74. The number of sulfonamides is 1. The van der Waals surface area contributed by atoms with Gasteiger partial charge in [-0.1, -0.05) is 72.5 Å². The number of benzene rings is 3. The van der Waals surface area contributed by atoms with Crippen molar-refractivity contribution >= 4 is 22.1 Å². The SMILES string of the molecule is O=CNOC(C#Cc1ccccc1)CS(=O)(=O)N1CCN(c2ccc(-c3ccccc3)cc2)CC1. The number of hydrogen-bond acceptors (Lipinski definition) is 5. The van der Waals surface area contributed by atoms with Crippen molar-refractivity contribution in [3.63, 3.8) is 0 Å². The number of hydrogen-bond donors (Lipinski definition) is 1. The molecule has 180 valence electrons. The highest BCUT2D eigenvalue weighted by atomic mass is 32.2. The van der Waals surface area contributed by atoms with E-state index in [2.05, 4.69) is 58.6 Å². The van der Waals surface area contributed by atoms with Crippen molar-refractivity contribution in [3.05, 3.63) is 90.5 Å². The lowest BCUT2D eigenvalue weighted by molar-refractivity contribution is -0.122. The summed E-state index contributed by atoms with van der Waals surface area (Å²) in [5.41, 5.74) is 6.17. The van der Waals surface area contributed by atoms with Gasteiger partial charge < -0.3 is 4.90 Å². The van der Waals surface area contributed by atoms with Gasteiger partial charge in [0.05, 0.1) is 0 Å². The molecular weight excluding hydrogens is 462 g/mol. The molecule has 0 radical (unpaired) electrons. The van der Waals surface area contributed by atoms with Crippen LogP contribution in [0.4, 0.5) is 5.69 Å². The number of hydroxylamine groups is 1. The lowest BCUT2D eigenvalue weighted by Crippen LogP contribution is -2.50. The molecule has 1 saturated heterocycles. The Bertz CT molecular complexity index is 1260. The summed E-state index contributed by atoms with van der Waals surface area (Å²) in [4.78, 5) is 18.0. The van der Waals surface area contributed by atoms with Crippen molar-refractivity contribution in [2.24, 2.45) is 0 Å². The highest BCUT2D eigenvalue weighted by Crippen LogP contribution is 2.24. The molecule has 1 fully saturated rings. The van der Waals surface area contributed by atoms with E-state index in [9.17, 15) is 13.2 Å². The second-order valence-electron chi connectivity index (χ2n) is 8.06. The quantitative estimate of drug-likeness (QED) is 0.299. The van der Waals surface area contributed by atoms with Gasteiger partial charge in [-0.2, -0.15) is 4.31 Å². The van der Waals surface area contributed by atoms with E-state index >= 15 is 0 Å². The van der Waals surface area contributed by atoms with Crippen LogP contribution in [-0.2, 0) is 19.7 Å². The number of nitrogens with zero attached hydrogens (tertiary/aromatic N) is 2. The highest BCUT2D eigenvalue weighted by molar-refractivity contribution is 7.89. The molecule has 0 spiro atoms. The van der Waals surface area contributed by atoms with Crippen molar-refractivity contribution in [1.29, 1.82) is 0 Å². The van der Waals surface area contributed by atoms with E-state index in [1.165, 1.54) is 4.31 Å². The zero-order valence-corrected chi connectivity index (χ0v) is 20.0. The van der Waals surface area contributed by atoms with Crippen LogP contribution in [0.2, 0.25) is 0 Å². The van der Waals surface area contributed by atoms with Gasteiger partial charge in [0.1, 0.15) is 5.75 Å². The maximum Gasteiger partial charge on any atom is 0.230 e. The molecule has 0 bridgehead atoms. The molecule has 1 atom stereocenters. The Morgan fingerprint density at radius 1 is 0.857 bits per heavy atom. The molecule has 35 heavy (non-hydrogen) atoms. The smallest absolute Gasteiger partial charge is 0.230 e. The fraction of sp³-hybridized carbons (Fsp3) is 0.222. The van der Waals surface area contributed by atoms with Crippen molar-refractivity contribution in [3.8, 4) is 23.0 Å². The van der Waals surface area contributed by atoms with Crippen LogP contribution in [0.15, 0.2) is 84.9 Å². The number of carbonyl (C=O) groups is 1. The molecule has 0 aliphatic carbocycles. The molecule has 0 saturated carbocycles. The van der Waals surface area contributed by atoms with E-state index in [-0.39, 0.29) is 5.75 Å². The number of carbonyl (C=O) groups excluding carboxylic acids is 1. The molecule has 0 aromatic heterocycles. The molecule has 1 aliphatic heterocycles. The van der Waals surface area contributed by atoms with Crippen LogP contribution >= 0.6 is 0 Å². The van der Waals surface area contributed by atoms with Crippen LogP contribution in [0.5, 0.6) is 0 Å². The molecule has 1 unspecified atom stereocenters. The topological polar surface area (TPSA) is 78.9 Å². The predicted molar refractivity (Wildman–Crippen MR) is 137 cm³/mol. The second-order valence-corrected chi connectivity index (χ2v) is 10.1. The zero-order chi connectivity index (χ0) is 24.5. The number of anilines is 1. The van der Waals surface area contributed by atoms with Gasteiger partial charge in [0.2, 0.25) is 16.4 Å². The largest absolute Gasteiger partial charge is 0.369 e. The molecule has 4 rings (SSSR count). The fourth-order valence-electron chi connectivity index (χ4n) is 3.92. The summed E-state index contributed by atoms with van der Waals surface area (Å²) in [5.74, 6) is 5.36. The summed E-state index contributed by atoms with van der Waals surface area (Å²) in [6.45, 7) is 1.89. The van der Waals surface area contributed by atoms with Gasteiger partial charge in [0, 0.05) is 37.4 Å². The van der Waals surface area contributed by atoms with Gasteiger partial charge in [-0.3, -0.25) is 9.63 Å². The Labute approximate surface area is 206 Å². The van der Waals surface area contributed by atoms with E-state index < -0.39 is 16.1 Å². The van der Waals surface area contributed by atoms with Crippen LogP contribution in [0.1, 0.15) is 5.56 Å². The zero-order valence-electron chi connectivity index (χ0n) is 19.2. The van der Waals surface area contributed by atoms with Gasteiger partial charge >= 0.3 is 0 Å². The molecule has 8 heteroatoms. The van der Waals surface area contributed by atoms with Crippen LogP contribution in [0.3, 0.4) is 0 Å². The van der Waals surface area contributed by atoms with Crippen molar-refractivity contribution in [1.82, 2.24) is 9.79 Å². The summed E-state index contributed by atoms with van der Waals surface area (Å²) >= 11 is 0. The van der Waals surface area contributed by atoms with Crippen LogP contribution in [-0.4, -0.2) is 57.2 Å². The molecule has 1 N–H and O–H groups in total. The molecule has 3 aromatic rings. The summed E-state index contributed by atoms with van der Waals surface area (Å²) < 4.78 is 27.6. The molecule has 1 amide bonds. The maximum absolute atomic E-state index is 13.1. The Balaban J connectivity index is 1.37. The van der Waals surface area contributed by atoms with E-state index in [1.54, 1.807) is 0 Å². The molecular formula is C27H27N3O4S. The average molecular weight is 490 g/mol. The molecule has 1 heterocycles. The second kappa shape index (κ2) is 11.7. The first kappa shape index (κ1) is 24.5. The Kier molecular flexibility index (Phi) is 8.16. The number of amides is 1. The van der Waals surface area contributed by atoms with E-state index in [0.29, 0.717) is 32.6 Å². The van der Waals surface area contributed by atoms with E-state index in [1.807, 2.05) is 48.5 Å². The highest BCUT2D eigenvalue weighted by Gasteiger charge is 2.30. The molecule has 3 aromatic carbocycles. The average Bonchev–Trinajstić information content (AvgIpc) is 2.91. The third-order valence-corrected chi connectivity index (χ3v) is 7.62. The maximum atomic E-state index is 13.1. The first-order valence-electron chi connectivity index (χ1n) is 11.3. The first-order valence-corrected chi connectivity index (χ1v) is 13.0. The minimum atomic E-state index is -3.64. The Hall–Kier alpha value is -3.64. The number of rotatable bonds is 8. The van der Waals surface area contributed by atoms with Crippen LogP contribution in [0, 0.1) is 11.8 Å². The van der Waals surface area contributed by atoms with Crippen LogP contribution < -0.4 is 10.4 Å². The summed E-state index contributed by atoms with van der Waals surface area (Å²) in [7, 11) is -3.64. The van der Waals surface area contributed by atoms with Gasteiger partial charge in [0.25, 0.3) is 0 Å².